The first-order valence-corrected chi connectivity index (χ1v) is 6.55. The van der Waals surface area contributed by atoms with Gasteiger partial charge in [-0.2, -0.15) is 0 Å². The third-order valence-corrected chi connectivity index (χ3v) is 3.34. The van der Waals surface area contributed by atoms with Crippen LogP contribution in [0.15, 0.2) is 24.3 Å². The predicted octanol–water partition coefficient (Wildman–Crippen LogP) is 1.07. The van der Waals surface area contributed by atoms with Crippen molar-refractivity contribution in [1.82, 2.24) is 4.90 Å². The average Bonchev–Trinajstić information content (AvgIpc) is 2.46. The fraction of sp³-hybridized carbons (Fsp3) is 0.429. The van der Waals surface area contributed by atoms with Gasteiger partial charge in [-0.3, -0.25) is 9.59 Å². The zero-order valence-electron chi connectivity index (χ0n) is 11.0. The van der Waals surface area contributed by atoms with Gasteiger partial charge in [-0.25, -0.2) is 4.39 Å². The van der Waals surface area contributed by atoms with Crippen molar-refractivity contribution in [2.75, 3.05) is 13.2 Å². The summed E-state index contributed by atoms with van der Waals surface area (Å²) >= 11 is 0. The molecule has 1 atom stereocenters. The number of nitrogens with two attached hydrogens (primary N) is 1. The Kier molecular flexibility index (Phi) is 4.55. The molecule has 1 saturated heterocycles. The minimum atomic E-state index is -0.583. The lowest BCUT2D eigenvalue weighted by Crippen LogP contribution is -2.51. The Morgan fingerprint density at radius 3 is 2.80 bits per heavy atom. The van der Waals surface area contributed by atoms with Gasteiger partial charge in [-0.05, 0) is 31.4 Å². The smallest absolute Gasteiger partial charge is 0.261 e. The number of benzene rings is 1. The number of hydrogen-bond donors (Lipinski definition) is 1. The van der Waals surface area contributed by atoms with Gasteiger partial charge >= 0.3 is 0 Å². The average molecular weight is 280 g/mol. The number of rotatable bonds is 4. The quantitative estimate of drug-likeness (QED) is 0.896. The van der Waals surface area contributed by atoms with Gasteiger partial charge in [0.1, 0.15) is 6.04 Å². The van der Waals surface area contributed by atoms with Crippen molar-refractivity contribution in [1.29, 1.82) is 0 Å². The van der Waals surface area contributed by atoms with E-state index < -0.39 is 17.8 Å². The van der Waals surface area contributed by atoms with Crippen molar-refractivity contribution in [2.24, 2.45) is 5.73 Å². The highest BCUT2D eigenvalue weighted by molar-refractivity contribution is 5.87. The van der Waals surface area contributed by atoms with Gasteiger partial charge in [0.25, 0.3) is 5.91 Å². The van der Waals surface area contributed by atoms with Crippen molar-refractivity contribution in [3.8, 4) is 5.75 Å². The van der Waals surface area contributed by atoms with Gasteiger partial charge in [0, 0.05) is 6.54 Å². The van der Waals surface area contributed by atoms with Crippen LogP contribution in [0.25, 0.3) is 0 Å². The molecule has 0 spiro atoms. The number of carbonyl (C=O) groups excluding carboxylic acids is 2. The maximum Gasteiger partial charge on any atom is 0.261 e. The van der Waals surface area contributed by atoms with Crippen molar-refractivity contribution in [3.05, 3.63) is 30.1 Å². The molecule has 0 saturated carbocycles. The molecule has 20 heavy (non-hydrogen) atoms. The molecule has 0 aromatic heterocycles. The van der Waals surface area contributed by atoms with E-state index >= 15 is 0 Å². The topological polar surface area (TPSA) is 72.6 Å². The lowest BCUT2D eigenvalue weighted by molar-refractivity contribution is -0.142. The van der Waals surface area contributed by atoms with Crippen LogP contribution >= 0.6 is 0 Å². The van der Waals surface area contributed by atoms with Crippen LogP contribution in [0.2, 0.25) is 0 Å². The molecule has 2 N–H and O–H groups in total. The number of primary amides is 1. The number of nitrogens with zero attached hydrogens (tertiary/aromatic N) is 1. The molecule has 0 radical (unpaired) electrons. The summed E-state index contributed by atoms with van der Waals surface area (Å²) in [6.07, 6.45) is 2.27. The van der Waals surface area contributed by atoms with E-state index in [0.717, 1.165) is 12.8 Å². The van der Waals surface area contributed by atoms with Gasteiger partial charge in [0.2, 0.25) is 5.91 Å². The fourth-order valence-electron chi connectivity index (χ4n) is 2.31. The highest BCUT2D eigenvalue weighted by Crippen LogP contribution is 2.18. The molecule has 2 rings (SSSR count). The molecule has 1 aliphatic heterocycles. The molecule has 1 aromatic rings. The van der Waals surface area contributed by atoms with E-state index in [1.807, 2.05) is 0 Å². The first kappa shape index (κ1) is 14.3. The van der Waals surface area contributed by atoms with Crippen LogP contribution in [0.3, 0.4) is 0 Å². The summed E-state index contributed by atoms with van der Waals surface area (Å²) in [6, 6.07) is 5.28. The van der Waals surface area contributed by atoms with Crippen molar-refractivity contribution in [2.45, 2.75) is 25.3 Å². The first-order valence-electron chi connectivity index (χ1n) is 6.55. The molecule has 1 heterocycles. The number of hydrogen-bond acceptors (Lipinski definition) is 3. The predicted molar refractivity (Wildman–Crippen MR) is 70.4 cm³/mol. The minimum Gasteiger partial charge on any atom is -0.481 e. The number of ether oxygens (including phenoxy) is 1. The first-order chi connectivity index (χ1) is 9.59. The van der Waals surface area contributed by atoms with Crippen LogP contribution < -0.4 is 10.5 Å². The second-order valence-corrected chi connectivity index (χ2v) is 4.72. The van der Waals surface area contributed by atoms with E-state index in [0.29, 0.717) is 13.0 Å². The highest BCUT2D eigenvalue weighted by Gasteiger charge is 2.30. The van der Waals surface area contributed by atoms with Crippen LogP contribution in [-0.2, 0) is 9.59 Å². The summed E-state index contributed by atoms with van der Waals surface area (Å²) in [4.78, 5) is 24.8. The van der Waals surface area contributed by atoms with Gasteiger partial charge < -0.3 is 15.4 Å². The van der Waals surface area contributed by atoms with Crippen LogP contribution in [0.5, 0.6) is 5.75 Å². The summed E-state index contributed by atoms with van der Waals surface area (Å²) in [5.74, 6) is -1.36. The summed E-state index contributed by atoms with van der Waals surface area (Å²) < 4.78 is 18.5. The molecule has 1 aliphatic rings. The second-order valence-electron chi connectivity index (χ2n) is 4.72. The van der Waals surface area contributed by atoms with Gasteiger partial charge in [-0.15, -0.1) is 0 Å². The number of piperidine rings is 1. The minimum absolute atomic E-state index is 0.0217. The molecular formula is C14H17FN2O3. The van der Waals surface area contributed by atoms with Crippen molar-refractivity contribution in [3.63, 3.8) is 0 Å². The molecule has 0 bridgehead atoms. The van der Waals surface area contributed by atoms with Crippen LogP contribution in [0.1, 0.15) is 19.3 Å². The van der Waals surface area contributed by atoms with Gasteiger partial charge in [0.15, 0.2) is 18.2 Å². The fourth-order valence-corrected chi connectivity index (χ4v) is 2.31. The second kappa shape index (κ2) is 6.36. The molecule has 0 unspecified atom stereocenters. The largest absolute Gasteiger partial charge is 0.481 e. The number of para-hydroxylation sites is 1. The van der Waals surface area contributed by atoms with E-state index in [1.54, 1.807) is 6.07 Å². The Morgan fingerprint density at radius 2 is 2.10 bits per heavy atom. The number of carbonyl (C=O) groups is 2. The van der Waals surface area contributed by atoms with Crippen LogP contribution in [-0.4, -0.2) is 35.9 Å². The van der Waals surface area contributed by atoms with Crippen molar-refractivity contribution < 1.29 is 18.7 Å². The summed E-state index contributed by atoms with van der Waals surface area (Å²) in [7, 11) is 0. The van der Waals surface area contributed by atoms with Crippen molar-refractivity contribution >= 4 is 11.8 Å². The van der Waals surface area contributed by atoms with E-state index in [9.17, 15) is 14.0 Å². The molecular weight excluding hydrogens is 263 g/mol. The van der Waals surface area contributed by atoms with E-state index in [-0.39, 0.29) is 18.3 Å². The Hall–Kier alpha value is -2.11. The lowest BCUT2D eigenvalue weighted by Gasteiger charge is -2.33. The molecule has 2 amide bonds. The number of halogens is 1. The Morgan fingerprint density at radius 1 is 1.35 bits per heavy atom. The summed E-state index contributed by atoms with van der Waals surface area (Å²) in [5, 5.41) is 0. The molecule has 0 aliphatic carbocycles. The molecule has 1 aromatic carbocycles. The van der Waals surface area contributed by atoms with E-state index in [4.69, 9.17) is 10.5 Å². The summed E-state index contributed by atoms with van der Waals surface area (Å²) in [5.41, 5.74) is 5.29. The lowest BCUT2D eigenvalue weighted by atomic mass is 10.0. The monoisotopic (exact) mass is 280 g/mol. The molecule has 108 valence electrons. The van der Waals surface area contributed by atoms with Crippen LogP contribution in [0, 0.1) is 5.82 Å². The van der Waals surface area contributed by atoms with Gasteiger partial charge in [-0.1, -0.05) is 12.1 Å². The third kappa shape index (κ3) is 3.26. The van der Waals surface area contributed by atoms with Gasteiger partial charge in [0.05, 0.1) is 0 Å². The van der Waals surface area contributed by atoms with E-state index in [2.05, 4.69) is 0 Å². The molecule has 6 heteroatoms. The summed E-state index contributed by atoms with van der Waals surface area (Å²) in [6.45, 7) is 0.178. The zero-order chi connectivity index (χ0) is 14.5. The number of amides is 2. The third-order valence-electron chi connectivity index (χ3n) is 3.34. The SMILES string of the molecule is NC(=O)[C@H]1CCCCN1C(=O)COc1ccccc1F. The number of likely N-dealkylation sites (tertiary alicyclic amines) is 1. The molecule has 5 nitrogen and oxygen atoms in total. The van der Waals surface area contributed by atoms with E-state index in [1.165, 1.54) is 23.1 Å². The maximum atomic E-state index is 13.4. The Labute approximate surface area is 116 Å². The molecule has 1 fully saturated rings. The normalized spacial score (nSPS) is 18.6. The van der Waals surface area contributed by atoms with Crippen LogP contribution in [0.4, 0.5) is 4.39 Å². The Bertz CT molecular complexity index is 507. The Balaban J connectivity index is 1.97. The zero-order valence-corrected chi connectivity index (χ0v) is 11.0. The maximum absolute atomic E-state index is 13.4. The standard InChI is InChI=1S/C14H17FN2O3/c15-10-5-1-2-7-12(10)20-9-13(18)17-8-4-3-6-11(17)14(16)19/h1-2,5,7,11H,3-4,6,8-9H2,(H2,16,19)/t11-/m1/s1. The highest BCUT2D eigenvalue weighted by atomic mass is 19.1.